The second kappa shape index (κ2) is 8.56. The summed E-state index contributed by atoms with van der Waals surface area (Å²) >= 11 is 0. The first-order valence-corrected chi connectivity index (χ1v) is 11.0. The number of rotatable bonds is 8. The lowest BCUT2D eigenvalue weighted by Gasteiger charge is -2.14. The third kappa shape index (κ3) is 4.59. The Balaban J connectivity index is 1.91. The molecular weight excluding hydrogens is 374 g/mol. The van der Waals surface area contributed by atoms with Gasteiger partial charge >= 0.3 is 0 Å². The van der Waals surface area contributed by atoms with Gasteiger partial charge in [0, 0.05) is 18.5 Å². The topological polar surface area (TPSA) is 74.1 Å². The Kier molecular flexibility index (Phi) is 6.14. The van der Waals surface area contributed by atoms with Gasteiger partial charge in [-0.2, -0.15) is 0 Å². The van der Waals surface area contributed by atoms with E-state index in [1.165, 1.54) is 0 Å². The van der Waals surface area contributed by atoms with Crippen LogP contribution in [0.15, 0.2) is 59.8 Å². The number of sulfone groups is 1. The average molecular weight is 400 g/mol. The lowest BCUT2D eigenvalue weighted by atomic mass is 10.1. The third-order valence-electron chi connectivity index (χ3n) is 4.27. The lowest BCUT2D eigenvalue weighted by molar-refractivity contribution is 0.240. The van der Waals surface area contributed by atoms with Gasteiger partial charge in [0.2, 0.25) is 15.0 Å². The summed E-state index contributed by atoms with van der Waals surface area (Å²) in [6.45, 7) is 6.20. The van der Waals surface area contributed by atoms with Crippen molar-refractivity contribution < 1.29 is 13.2 Å². The predicted octanol–water partition coefficient (Wildman–Crippen LogP) is 3.65. The molecule has 0 N–H and O–H groups in total. The Morgan fingerprint density at radius 2 is 1.68 bits per heavy atom. The van der Waals surface area contributed by atoms with Crippen LogP contribution in [0, 0.1) is 0 Å². The van der Waals surface area contributed by atoms with Gasteiger partial charge in [0.1, 0.15) is 11.6 Å². The highest BCUT2D eigenvalue weighted by Crippen LogP contribution is 2.25. The SMILES string of the molecule is CCn1c(Cc2ccccc2)nnc1S(=O)(=O)Cc1ccccc1OC(C)C. The minimum Gasteiger partial charge on any atom is -0.491 e. The zero-order valence-electron chi connectivity index (χ0n) is 16.4. The second-order valence-corrected chi connectivity index (χ2v) is 8.72. The maximum atomic E-state index is 13.1. The van der Waals surface area contributed by atoms with Gasteiger partial charge in [-0.05, 0) is 32.4 Å². The van der Waals surface area contributed by atoms with Crippen LogP contribution in [0.1, 0.15) is 37.7 Å². The van der Waals surface area contributed by atoms with E-state index in [1.54, 1.807) is 16.7 Å². The minimum absolute atomic E-state index is 0.000260. The second-order valence-electron chi connectivity index (χ2n) is 6.84. The molecule has 2 aromatic carbocycles. The highest BCUT2D eigenvalue weighted by Gasteiger charge is 2.26. The molecule has 0 aliphatic heterocycles. The van der Waals surface area contributed by atoms with Crippen LogP contribution in [0.25, 0.3) is 0 Å². The normalized spacial score (nSPS) is 11.7. The molecule has 0 fully saturated rings. The monoisotopic (exact) mass is 399 g/mol. The number of nitrogens with zero attached hydrogens (tertiary/aromatic N) is 3. The van der Waals surface area contributed by atoms with Crippen molar-refractivity contribution in [2.45, 2.75) is 50.8 Å². The summed E-state index contributed by atoms with van der Waals surface area (Å²) in [6, 6.07) is 17.0. The maximum absolute atomic E-state index is 13.1. The summed E-state index contributed by atoms with van der Waals surface area (Å²) in [5.74, 6) is 1.03. The first-order valence-electron chi connectivity index (χ1n) is 9.34. The summed E-state index contributed by atoms with van der Waals surface area (Å²) in [7, 11) is -3.68. The molecule has 0 spiro atoms. The number of hydrogen-bond acceptors (Lipinski definition) is 5. The Morgan fingerprint density at radius 3 is 2.36 bits per heavy atom. The summed E-state index contributed by atoms with van der Waals surface area (Å²) in [6.07, 6.45) is 0.491. The van der Waals surface area contributed by atoms with E-state index in [1.807, 2.05) is 63.2 Å². The molecule has 0 radical (unpaired) electrons. The van der Waals surface area contributed by atoms with Gasteiger partial charge in [-0.25, -0.2) is 8.42 Å². The van der Waals surface area contributed by atoms with Crippen molar-refractivity contribution in [3.8, 4) is 5.75 Å². The van der Waals surface area contributed by atoms with Crippen molar-refractivity contribution in [1.29, 1.82) is 0 Å². The molecule has 0 amide bonds. The van der Waals surface area contributed by atoms with Crippen molar-refractivity contribution in [3.05, 3.63) is 71.5 Å². The van der Waals surface area contributed by atoms with Gasteiger partial charge in [-0.15, -0.1) is 10.2 Å². The Morgan fingerprint density at radius 1 is 1.00 bits per heavy atom. The number of benzene rings is 2. The quantitative estimate of drug-likeness (QED) is 0.578. The number of aromatic nitrogens is 3. The fraction of sp³-hybridized carbons (Fsp3) is 0.333. The van der Waals surface area contributed by atoms with E-state index in [0.717, 1.165) is 5.56 Å². The Labute approximate surface area is 166 Å². The van der Waals surface area contributed by atoms with Crippen molar-refractivity contribution in [2.75, 3.05) is 0 Å². The molecule has 0 atom stereocenters. The zero-order valence-corrected chi connectivity index (χ0v) is 17.2. The Hall–Kier alpha value is -2.67. The molecule has 7 heteroatoms. The molecule has 0 aliphatic carbocycles. The van der Waals surface area contributed by atoms with E-state index in [4.69, 9.17) is 4.74 Å². The fourth-order valence-corrected chi connectivity index (χ4v) is 4.55. The molecule has 0 bridgehead atoms. The van der Waals surface area contributed by atoms with Gasteiger partial charge < -0.3 is 9.30 Å². The molecule has 0 saturated heterocycles. The molecule has 1 heterocycles. The first kappa shape index (κ1) is 20.1. The molecule has 28 heavy (non-hydrogen) atoms. The van der Waals surface area contributed by atoms with Crippen molar-refractivity contribution in [1.82, 2.24) is 14.8 Å². The molecule has 148 valence electrons. The predicted molar refractivity (Wildman–Crippen MR) is 108 cm³/mol. The molecule has 0 aliphatic rings. The van der Waals surface area contributed by atoms with Gasteiger partial charge in [0.05, 0.1) is 11.9 Å². The molecule has 1 aromatic heterocycles. The maximum Gasteiger partial charge on any atom is 0.250 e. The van der Waals surface area contributed by atoms with Crippen LogP contribution in [-0.4, -0.2) is 29.3 Å². The van der Waals surface area contributed by atoms with E-state index in [-0.39, 0.29) is 17.0 Å². The summed E-state index contributed by atoms with van der Waals surface area (Å²) in [5.41, 5.74) is 1.68. The standard InChI is InChI=1S/C21H25N3O3S/c1-4-24-20(14-17-10-6-5-7-11-17)22-23-21(24)28(25,26)15-18-12-8-9-13-19(18)27-16(2)3/h5-13,16H,4,14-15H2,1-3H3. The van der Waals surface area contributed by atoms with Crippen LogP contribution in [0.5, 0.6) is 5.75 Å². The minimum atomic E-state index is -3.68. The molecule has 3 aromatic rings. The van der Waals surface area contributed by atoms with E-state index in [2.05, 4.69) is 10.2 Å². The van der Waals surface area contributed by atoms with Crippen LogP contribution in [0.2, 0.25) is 0 Å². The Bertz CT molecular complexity index is 1030. The zero-order chi connectivity index (χ0) is 20.1. The van der Waals surface area contributed by atoms with Crippen LogP contribution in [-0.2, 0) is 28.6 Å². The number of para-hydroxylation sites is 1. The highest BCUT2D eigenvalue weighted by atomic mass is 32.2. The number of ether oxygens (including phenoxy) is 1. The van der Waals surface area contributed by atoms with Crippen LogP contribution in [0.4, 0.5) is 0 Å². The summed E-state index contributed by atoms with van der Waals surface area (Å²) < 4.78 is 33.6. The third-order valence-corrected chi connectivity index (χ3v) is 5.82. The average Bonchev–Trinajstić information content (AvgIpc) is 3.07. The molecule has 0 saturated carbocycles. The lowest BCUT2D eigenvalue weighted by Crippen LogP contribution is -2.15. The van der Waals surface area contributed by atoms with Gasteiger partial charge in [-0.3, -0.25) is 0 Å². The molecular formula is C21H25N3O3S. The van der Waals surface area contributed by atoms with E-state index in [9.17, 15) is 8.42 Å². The van der Waals surface area contributed by atoms with E-state index in [0.29, 0.717) is 30.1 Å². The van der Waals surface area contributed by atoms with Crippen LogP contribution in [0.3, 0.4) is 0 Å². The highest BCUT2D eigenvalue weighted by molar-refractivity contribution is 7.90. The molecule has 0 unspecified atom stereocenters. The molecule has 6 nitrogen and oxygen atoms in total. The van der Waals surface area contributed by atoms with Crippen molar-refractivity contribution >= 4 is 9.84 Å². The van der Waals surface area contributed by atoms with Gasteiger partial charge in [0.25, 0.3) is 0 Å². The van der Waals surface area contributed by atoms with Crippen molar-refractivity contribution in [2.24, 2.45) is 0 Å². The largest absolute Gasteiger partial charge is 0.491 e. The molecule has 3 rings (SSSR count). The first-order chi connectivity index (χ1) is 13.4. The summed E-state index contributed by atoms with van der Waals surface area (Å²) in [5, 5.41) is 8.19. The van der Waals surface area contributed by atoms with Gasteiger partial charge in [-0.1, -0.05) is 48.5 Å². The van der Waals surface area contributed by atoms with E-state index >= 15 is 0 Å². The van der Waals surface area contributed by atoms with E-state index < -0.39 is 9.84 Å². The number of hydrogen-bond donors (Lipinski definition) is 0. The van der Waals surface area contributed by atoms with Gasteiger partial charge in [0.15, 0.2) is 0 Å². The smallest absolute Gasteiger partial charge is 0.250 e. The van der Waals surface area contributed by atoms with Crippen molar-refractivity contribution in [3.63, 3.8) is 0 Å². The fourth-order valence-electron chi connectivity index (χ4n) is 3.04. The van der Waals surface area contributed by atoms with Crippen LogP contribution >= 0.6 is 0 Å². The van der Waals surface area contributed by atoms with Crippen LogP contribution < -0.4 is 4.74 Å². The summed E-state index contributed by atoms with van der Waals surface area (Å²) in [4.78, 5) is 0.